The highest BCUT2D eigenvalue weighted by molar-refractivity contribution is 5.44. The summed E-state index contributed by atoms with van der Waals surface area (Å²) in [7, 11) is 0. The molecule has 0 amide bonds. The molecule has 1 atom stereocenters. The third-order valence-electron chi connectivity index (χ3n) is 3.86. The average molecular weight is 275 g/mol. The number of hydrogen-bond acceptors (Lipinski definition) is 3. The summed E-state index contributed by atoms with van der Waals surface area (Å²) in [6.45, 7) is 14.3. The van der Waals surface area contributed by atoms with Crippen LogP contribution in [-0.2, 0) is 13.0 Å². The average Bonchev–Trinajstić information content (AvgIpc) is 2.82. The molecule has 1 aromatic heterocycles. The van der Waals surface area contributed by atoms with Crippen molar-refractivity contribution in [2.24, 2.45) is 5.92 Å². The second kappa shape index (κ2) is 6.13. The van der Waals surface area contributed by atoms with Crippen LogP contribution in [0.2, 0.25) is 0 Å². The van der Waals surface area contributed by atoms with Crippen LogP contribution in [0.1, 0.15) is 52.3 Å². The van der Waals surface area contributed by atoms with Crippen molar-refractivity contribution in [2.75, 3.05) is 18.0 Å². The summed E-state index contributed by atoms with van der Waals surface area (Å²) >= 11 is 0. The predicted molar refractivity (Wildman–Crippen MR) is 86.2 cm³/mol. The van der Waals surface area contributed by atoms with Crippen LogP contribution in [0, 0.1) is 5.92 Å². The molecular weight excluding hydrogens is 246 g/mol. The van der Waals surface area contributed by atoms with Gasteiger partial charge in [0.25, 0.3) is 0 Å². The van der Waals surface area contributed by atoms with Crippen LogP contribution < -0.4 is 10.2 Å². The van der Waals surface area contributed by atoms with Crippen LogP contribution >= 0.6 is 0 Å². The highest BCUT2D eigenvalue weighted by atomic mass is 15.2. The molecule has 0 bridgehead atoms. The quantitative estimate of drug-likeness (QED) is 0.913. The third-order valence-corrected chi connectivity index (χ3v) is 3.86. The van der Waals surface area contributed by atoms with Gasteiger partial charge in [-0.2, -0.15) is 0 Å². The Balaban J connectivity index is 2.16. The molecule has 1 aromatic rings. The largest absolute Gasteiger partial charge is 0.356 e. The van der Waals surface area contributed by atoms with E-state index >= 15 is 0 Å². The Hall–Kier alpha value is -1.09. The van der Waals surface area contributed by atoms with E-state index in [0.717, 1.165) is 32.0 Å². The molecule has 112 valence electrons. The smallest absolute Gasteiger partial charge is 0.129 e. The second-order valence-corrected chi connectivity index (χ2v) is 7.12. The highest BCUT2D eigenvalue weighted by Gasteiger charge is 2.20. The van der Waals surface area contributed by atoms with Gasteiger partial charge in [-0.25, -0.2) is 4.98 Å². The van der Waals surface area contributed by atoms with Gasteiger partial charge in [0.1, 0.15) is 5.82 Å². The van der Waals surface area contributed by atoms with Gasteiger partial charge in [-0.15, -0.1) is 0 Å². The van der Waals surface area contributed by atoms with E-state index in [-0.39, 0.29) is 5.54 Å². The van der Waals surface area contributed by atoms with Gasteiger partial charge in [0.15, 0.2) is 0 Å². The van der Waals surface area contributed by atoms with E-state index in [4.69, 9.17) is 4.98 Å². The zero-order valence-corrected chi connectivity index (χ0v) is 13.7. The van der Waals surface area contributed by atoms with Gasteiger partial charge in [-0.3, -0.25) is 0 Å². The van der Waals surface area contributed by atoms with E-state index in [9.17, 15) is 0 Å². The van der Waals surface area contributed by atoms with Gasteiger partial charge >= 0.3 is 0 Å². The maximum atomic E-state index is 4.81. The number of anilines is 1. The molecule has 1 fully saturated rings. The molecule has 20 heavy (non-hydrogen) atoms. The monoisotopic (exact) mass is 275 g/mol. The zero-order chi connectivity index (χ0) is 14.8. The Morgan fingerprint density at radius 3 is 2.65 bits per heavy atom. The van der Waals surface area contributed by atoms with Crippen molar-refractivity contribution in [3.63, 3.8) is 0 Å². The molecule has 0 radical (unpaired) electrons. The van der Waals surface area contributed by atoms with Gasteiger partial charge < -0.3 is 10.2 Å². The topological polar surface area (TPSA) is 28.2 Å². The van der Waals surface area contributed by atoms with Crippen LogP contribution in [0.4, 0.5) is 5.82 Å². The molecular formula is C17H29N3. The first kappa shape index (κ1) is 15.3. The Bertz CT molecular complexity index is 448. The van der Waals surface area contributed by atoms with E-state index in [2.05, 4.69) is 57.0 Å². The molecule has 1 N–H and O–H groups in total. The summed E-state index contributed by atoms with van der Waals surface area (Å²) in [5.41, 5.74) is 2.70. The number of hydrogen-bond donors (Lipinski definition) is 1. The van der Waals surface area contributed by atoms with Crippen LogP contribution in [0.25, 0.3) is 0 Å². The fourth-order valence-corrected chi connectivity index (χ4v) is 2.59. The molecule has 2 rings (SSSR count). The Morgan fingerprint density at radius 2 is 2.10 bits per heavy atom. The standard InChI is InChI=1S/C17H29N3/c1-6-15-9-14(11-18-17(3,4)5)10-16(19-15)20-8-7-13(2)12-20/h9-10,13,18H,6-8,11-12H2,1-5H3. The number of aromatic nitrogens is 1. The van der Waals surface area contributed by atoms with E-state index in [1.54, 1.807) is 0 Å². The minimum atomic E-state index is 0.151. The summed E-state index contributed by atoms with van der Waals surface area (Å²) in [6.07, 6.45) is 2.29. The van der Waals surface area contributed by atoms with Crippen molar-refractivity contribution < 1.29 is 0 Å². The molecule has 3 heteroatoms. The van der Waals surface area contributed by atoms with Gasteiger partial charge in [0, 0.05) is 30.9 Å². The number of nitrogens with zero attached hydrogens (tertiary/aromatic N) is 2. The molecule has 2 heterocycles. The lowest BCUT2D eigenvalue weighted by Gasteiger charge is -2.22. The Morgan fingerprint density at radius 1 is 1.35 bits per heavy atom. The predicted octanol–water partition coefficient (Wildman–Crippen LogP) is 3.38. The fraction of sp³-hybridized carbons (Fsp3) is 0.706. The fourth-order valence-electron chi connectivity index (χ4n) is 2.59. The van der Waals surface area contributed by atoms with Gasteiger partial charge in [-0.05, 0) is 57.2 Å². The molecule has 0 aliphatic carbocycles. The van der Waals surface area contributed by atoms with E-state index in [0.29, 0.717) is 0 Å². The highest BCUT2D eigenvalue weighted by Crippen LogP contribution is 2.23. The van der Waals surface area contributed by atoms with Crippen molar-refractivity contribution in [3.05, 3.63) is 23.4 Å². The normalized spacial score (nSPS) is 19.6. The van der Waals surface area contributed by atoms with Gasteiger partial charge in [0.2, 0.25) is 0 Å². The first-order chi connectivity index (χ1) is 9.37. The van der Waals surface area contributed by atoms with Crippen LogP contribution in [-0.4, -0.2) is 23.6 Å². The number of rotatable bonds is 4. The van der Waals surface area contributed by atoms with Crippen LogP contribution in [0.5, 0.6) is 0 Å². The number of aryl methyl sites for hydroxylation is 1. The molecule has 1 aliphatic heterocycles. The summed E-state index contributed by atoms with van der Waals surface area (Å²) in [5.74, 6) is 1.96. The lowest BCUT2D eigenvalue weighted by Crippen LogP contribution is -2.35. The van der Waals surface area contributed by atoms with Crippen molar-refractivity contribution in [1.29, 1.82) is 0 Å². The van der Waals surface area contributed by atoms with Crippen molar-refractivity contribution >= 4 is 5.82 Å². The maximum absolute atomic E-state index is 4.81. The van der Waals surface area contributed by atoms with Crippen molar-refractivity contribution in [1.82, 2.24) is 10.3 Å². The first-order valence-corrected chi connectivity index (χ1v) is 7.87. The molecule has 1 saturated heterocycles. The molecule has 1 unspecified atom stereocenters. The first-order valence-electron chi connectivity index (χ1n) is 7.87. The third kappa shape index (κ3) is 4.20. The molecule has 0 spiro atoms. The SMILES string of the molecule is CCc1cc(CNC(C)(C)C)cc(N2CCC(C)C2)n1. The summed E-state index contributed by atoms with van der Waals surface area (Å²) in [4.78, 5) is 7.25. The minimum Gasteiger partial charge on any atom is -0.356 e. The number of pyridine rings is 1. The van der Waals surface area contributed by atoms with Gasteiger partial charge in [0.05, 0.1) is 0 Å². The molecule has 1 aliphatic rings. The minimum absolute atomic E-state index is 0.151. The maximum Gasteiger partial charge on any atom is 0.129 e. The lowest BCUT2D eigenvalue weighted by molar-refractivity contribution is 0.424. The molecule has 3 nitrogen and oxygen atoms in total. The summed E-state index contributed by atoms with van der Waals surface area (Å²) in [6, 6.07) is 4.50. The summed E-state index contributed by atoms with van der Waals surface area (Å²) in [5, 5.41) is 3.57. The zero-order valence-electron chi connectivity index (χ0n) is 13.7. The van der Waals surface area contributed by atoms with Crippen molar-refractivity contribution in [3.8, 4) is 0 Å². The van der Waals surface area contributed by atoms with E-state index in [1.165, 1.54) is 23.5 Å². The van der Waals surface area contributed by atoms with Crippen LogP contribution in [0.15, 0.2) is 12.1 Å². The van der Waals surface area contributed by atoms with Gasteiger partial charge in [-0.1, -0.05) is 13.8 Å². The van der Waals surface area contributed by atoms with E-state index in [1.807, 2.05) is 0 Å². The van der Waals surface area contributed by atoms with Crippen LogP contribution in [0.3, 0.4) is 0 Å². The molecule has 0 saturated carbocycles. The number of nitrogens with one attached hydrogen (secondary N) is 1. The van der Waals surface area contributed by atoms with Crippen molar-refractivity contribution in [2.45, 2.75) is 59.5 Å². The Labute approximate surface area is 123 Å². The summed E-state index contributed by atoms with van der Waals surface area (Å²) < 4.78 is 0. The second-order valence-electron chi connectivity index (χ2n) is 7.12. The van der Waals surface area contributed by atoms with E-state index < -0.39 is 0 Å². The lowest BCUT2D eigenvalue weighted by atomic mass is 10.1. The Kier molecular flexibility index (Phi) is 4.69. The molecule has 0 aromatic carbocycles.